The van der Waals surface area contributed by atoms with Crippen LogP contribution in [0, 0.1) is 0 Å². The van der Waals surface area contributed by atoms with Crippen LogP contribution < -0.4 is 5.32 Å². The fourth-order valence-corrected chi connectivity index (χ4v) is 3.59. The molecule has 108 valence electrons. The van der Waals surface area contributed by atoms with Crippen molar-refractivity contribution in [1.82, 2.24) is 25.1 Å². The van der Waals surface area contributed by atoms with Crippen molar-refractivity contribution in [3.8, 4) is 0 Å². The first-order valence-electron chi connectivity index (χ1n) is 7.05. The molecular weight excluding hydrogens is 278 g/mol. The highest BCUT2D eigenvalue weighted by molar-refractivity contribution is 7.16. The summed E-state index contributed by atoms with van der Waals surface area (Å²) in [7, 11) is 0. The van der Waals surface area contributed by atoms with Gasteiger partial charge in [0.25, 0.3) is 0 Å². The van der Waals surface area contributed by atoms with E-state index in [9.17, 15) is 0 Å². The standard InChI is InChI=1S/C12H17N5O2S/c1-2-9(19-4-1)11-14-15-12-17(11)16-10(20-12)6-8-7-13-3-5-18-8/h8-9,13H,1-7H2. The van der Waals surface area contributed by atoms with E-state index < -0.39 is 0 Å². The fraction of sp³-hybridized carbons (Fsp3) is 0.750. The molecule has 0 saturated carbocycles. The highest BCUT2D eigenvalue weighted by Gasteiger charge is 2.25. The number of aromatic nitrogens is 4. The zero-order valence-corrected chi connectivity index (χ0v) is 11.9. The summed E-state index contributed by atoms with van der Waals surface area (Å²) in [6.07, 6.45) is 3.17. The van der Waals surface area contributed by atoms with E-state index in [0.29, 0.717) is 0 Å². The first-order valence-corrected chi connectivity index (χ1v) is 7.87. The van der Waals surface area contributed by atoms with Gasteiger partial charge in [-0.2, -0.15) is 9.61 Å². The van der Waals surface area contributed by atoms with Gasteiger partial charge < -0.3 is 14.8 Å². The number of rotatable bonds is 3. The van der Waals surface area contributed by atoms with Crippen molar-refractivity contribution in [1.29, 1.82) is 0 Å². The van der Waals surface area contributed by atoms with E-state index in [1.54, 1.807) is 11.3 Å². The lowest BCUT2D eigenvalue weighted by atomic mass is 10.2. The third-order valence-corrected chi connectivity index (χ3v) is 4.60. The Balaban J connectivity index is 1.55. The Morgan fingerprint density at radius 3 is 3.10 bits per heavy atom. The summed E-state index contributed by atoms with van der Waals surface area (Å²) in [5.74, 6) is 0.836. The molecule has 8 heteroatoms. The highest BCUT2D eigenvalue weighted by Crippen LogP contribution is 2.28. The lowest BCUT2D eigenvalue weighted by molar-refractivity contribution is 0.0290. The summed E-state index contributed by atoms with van der Waals surface area (Å²) < 4.78 is 13.2. The van der Waals surface area contributed by atoms with Crippen LogP contribution in [-0.4, -0.2) is 52.2 Å². The van der Waals surface area contributed by atoms with Gasteiger partial charge in [-0.15, -0.1) is 10.2 Å². The molecule has 0 radical (unpaired) electrons. The Hall–Kier alpha value is -1.09. The number of hydrogen-bond donors (Lipinski definition) is 1. The molecule has 2 aromatic rings. The van der Waals surface area contributed by atoms with Crippen molar-refractivity contribution in [3.63, 3.8) is 0 Å². The molecule has 2 aromatic heterocycles. The molecule has 0 amide bonds. The van der Waals surface area contributed by atoms with Crippen LogP contribution in [-0.2, 0) is 15.9 Å². The molecule has 2 saturated heterocycles. The fourth-order valence-electron chi connectivity index (χ4n) is 2.68. The molecular formula is C12H17N5O2S. The number of nitrogens with one attached hydrogen (secondary N) is 1. The van der Waals surface area contributed by atoms with Crippen LogP contribution in [0.3, 0.4) is 0 Å². The van der Waals surface area contributed by atoms with Gasteiger partial charge in [-0.3, -0.25) is 0 Å². The van der Waals surface area contributed by atoms with Gasteiger partial charge in [-0.25, -0.2) is 0 Å². The predicted molar refractivity (Wildman–Crippen MR) is 72.9 cm³/mol. The van der Waals surface area contributed by atoms with Gasteiger partial charge in [-0.05, 0) is 12.8 Å². The summed E-state index contributed by atoms with van der Waals surface area (Å²) in [5, 5.41) is 17.4. The second-order valence-corrected chi connectivity index (χ2v) is 6.19. The summed E-state index contributed by atoms with van der Waals surface area (Å²) in [5.41, 5.74) is 0. The first kappa shape index (κ1) is 12.6. The van der Waals surface area contributed by atoms with E-state index in [-0.39, 0.29) is 12.2 Å². The second kappa shape index (κ2) is 5.36. The molecule has 4 rings (SSSR count). The van der Waals surface area contributed by atoms with Crippen molar-refractivity contribution >= 4 is 16.3 Å². The summed E-state index contributed by atoms with van der Waals surface area (Å²) in [6.45, 7) is 3.40. The van der Waals surface area contributed by atoms with Crippen LogP contribution in [0.1, 0.15) is 29.8 Å². The van der Waals surface area contributed by atoms with E-state index in [0.717, 1.165) is 61.4 Å². The van der Waals surface area contributed by atoms with Gasteiger partial charge in [0.1, 0.15) is 11.1 Å². The van der Waals surface area contributed by atoms with E-state index in [1.165, 1.54) is 0 Å². The third kappa shape index (κ3) is 2.32. The van der Waals surface area contributed by atoms with Crippen LogP contribution in [0.15, 0.2) is 0 Å². The van der Waals surface area contributed by atoms with Crippen LogP contribution in [0.4, 0.5) is 0 Å². The van der Waals surface area contributed by atoms with Crippen molar-refractivity contribution in [2.45, 2.75) is 31.5 Å². The van der Waals surface area contributed by atoms with Gasteiger partial charge in [0, 0.05) is 26.1 Å². The number of hydrogen-bond acceptors (Lipinski definition) is 7. The average Bonchev–Trinajstić information content (AvgIpc) is 3.15. The Bertz CT molecular complexity index is 586. The predicted octanol–water partition coefficient (Wildman–Crippen LogP) is 0.568. The Morgan fingerprint density at radius 2 is 2.30 bits per heavy atom. The molecule has 7 nitrogen and oxygen atoms in total. The molecule has 0 bridgehead atoms. The Morgan fingerprint density at radius 1 is 1.30 bits per heavy atom. The van der Waals surface area contributed by atoms with Crippen molar-refractivity contribution < 1.29 is 9.47 Å². The third-order valence-electron chi connectivity index (χ3n) is 3.68. The van der Waals surface area contributed by atoms with E-state index >= 15 is 0 Å². The molecule has 2 aliphatic rings. The van der Waals surface area contributed by atoms with E-state index in [4.69, 9.17) is 9.47 Å². The van der Waals surface area contributed by atoms with Gasteiger partial charge >= 0.3 is 0 Å². The van der Waals surface area contributed by atoms with Crippen LogP contribution >= 0.6 is 11.3 Å². The summed E-state index contributed by atoms with van der Waals surface area (Å²) >= 11 is 1.59. The zero-order valence-electron chi connectivity index (χ0n) is 11.1. The molecule has 2 atom stereocenters. The number of fused-ring (bicyclic) bond motifs is 1. The maximum Gasteiger partial charge on any atom is 0.234 e. The molecule has 0 spiro atoms. The minimum Gasteiger partial charge on any atom is -0.375 e. The lowest BCUT2D eigenvalue weighted by Gasteiger charge is -2.22. The van der Waals surface area contributed by atoms with Gasteiger partial charge in [0.15, 0.2) is 5.82 Å². The van der Waals surface area contributed by atoms with Gasteiger partial charge in [-0.1, -0.05) is 11.3 Å². The lowest BCUT2D eigenvalue weighted by Crippen LogP contribution is -2.39. The zero-order chi connectivity index (χ0) is 13.4. The van der Waals surface area contributed by atoms with Crippen molar-refractivity contribution in [2.75, 3.05) is 26.3 Å². The van der Waals surface area contributed by atoms with E-state index in [1.807, 2.05) is 4.52 Å². The first-order chi connectivity index (χ1) is 9.90. The molecule has 1 N–H and O–H groups in total. The molecule has 0 aliphatic carbocycles. The van der Waals surface area contributed by atoms with E-state index in [2.05, 4.69) is 20.6 Å². The SMILES string of the molecule is C1COC(c2nnc3sc(CC4CNCCO4)nn23)C1. The Kier molecular flexibility index (Phi) is 3.39. The molecule has 4 heterocycles. The second-order valence-electron chi connectivity index (χ2n) is 5.15. The Labute approximate surface area is 120 Å². The molecule has 2 aliphatic heterocycles. The maximum atomic E-state index is 5.72. The van der Waals surface area contributed by atoms with Crippen LogP contribution in [0.25, 0.3) is 4.96 Å². The van der Waals surface area contributed by atoms with Crippen molar-refractivity contribution in [2.24, 2.45) is 0 Å². The number of morpholine rings is 1. The van der Waals surface area contributed by atoms with Crippen LogP contribution in [0.5, 0.6) is 0 Å². The average molecular weight is 295 g/mol. The normalized spacial score (nSPS) is 27.4. The smallest absolute Gasteiger partial charge is 0.234 e. The minimum atomic E-state index is 0.0487. The quantitative estimate of drug-likeness (QED) is 0.892. The molecule has 0 aromatic carbocycles. The maximum absolute atomic E-state index is 5.72. The largest absolute Gasteiger partial charge is 0.375 e. The molecule has 20 heavy (non-hydrogen) atoms. The minimum absolute atomic E-state index is 0.0487. The highest BCUT2D eigenvalue weighted by atomic mass is 32.1. The van der Waals surface area contributed by atoms with Gasteiger partial charge in [0.05, 0.1) is 12.7 Å². The summed E-state index contributed by atoms with van der Waals surface area (Å²) in [4.78, 5) is 0.842. The summed E-state index contributed by atoms with van der Waals surface area (Å²) in [6, 6.07) is 0. The number of nitrogens with zero attached hydrogens (tertiary/aromatic N) is 4. The molecule has 2 unspecified atom stereocenters. The molecule has 2 fully saturated rings. The monoisotopic (exact) mass is 295 g/mol. The van der Waals surface area contributed by atoms with Crippen molar-refractivity contribution in [3.05, 3.63) is 10.8 Å². The van der Waals surface area contributed by atoms with Crippen LogP contribution in [0.2, 0.25) is 0 Å². The topological polar surface area (TPSA) is 73.6 Å². The van der Waals surface area contributed by atoms with Gasteiger partial charge in [0.2, 0.25) is 4.96 Å². The number of ether oxygens (including phenoxy) is 2.